The molecule has 1 aromatic heterocycles. The lowest BCUT2D eigenvalue weighted by atomic mass is 10.1. The lowest BCUT2D eigenvalue weighted by Crippen LogP contribution is -2.36. The molecule has 1 N–H and O–H groups in total. The van der Waals surface area contributed by atoms with Crippen LogP contribution in [0.5, 0.6) is 0 Å². The summed E-state index contributed by atoms with van der Waals surface area (Å²) < 4.78 is 5.11. The first-order chi connectivity index (χ1) is 13.4. The maximum absolute atomic E-state index is 12.8. The Labute approximate surface area is 167 Å². The molecule has 0 unspecified atom stereocenters. The van der Waals surface area contributed by atoms with Gasteiger partial charge < -0.3 is 10.1 Å². The molecule has 0 saturated heterocycles. The summed E-state index contributed by atoms with van der Waals surface area (Å²) in [7, 11) is 0. The van der Waals surface area contributed by atoms with Gasteiger partial charge in [0, 0.05) is 17.7 Å². The molecule has 1 aliphatic rings. The van der Waals surface area contributed by atoms with Gasteiger partial charge in [-0.05, 0) is 38.5 Å². The van der Waals surface area contributed by atoms with E-state index in [0.717, 1.165) is 10.4 Å². The lowest BCUT2D eigenvalue weighted by molar-refractivity contribution is -0.118. The van der Waals surface area contributed by atoms with Gasteiger partial charge in [-0.2, -0.15) is 5.10 Å². The Morgan fingerprint density at radius 3 is 2.61 bits per heavy atom. The number of hydrogen-bond donors (Lipinski definition) is 1. The number of hydrazone groups is 1. The number of esters is 1. The summed E-state index contributed by atoms with van der Waals surface area (Å²) in [6.07, 6.45) is 0.431. The predicted octanol–water partition coefficient (Wildman–Crippen LogP) is 3.66. The Morgan fingerprint density at radius 2 is 1.93 bits per heavy atom. The number of amides is 2. The molecule has 0 saturated carbocycles. The quantitative estimate of drug-likeness (QED) is 0.777. The zero-order valence-electron chi connectivity index (χ0n) is 15.9. The molecule has 0 aliphatic carbocycles. The fourth-order valence-corrected chi connectivity index (χ4v) is 3.87. The molecule has 0 atom stereocenters. The van der Waals surface area contributed by atoms with Crippen molar-refractivity contribution in [1.29, 1.82) is 0 Å². The summed E-state index contributed by atoms with van der Waals surface area (Å²) in [6.45, 7) is 5.69. The van der Waals surface area contributed by atoms with Crippen LogP contribution >= 0.6 is 11.3 Å². The number of rotatable bonds is 5. The minimum Gasteiger partial charge on any atom is -0.462 e. The number of carbonyl (C=O) groups is 3. The molecule has 2 amide bonds. The molecule has 28 heavy (non-hydrogen) atoms. The van der Waals surface area contributed by atoms with Crippen LogP contribution in [-0.2, 0) is 14.3 Å². The molecule has 0 radical (unpaired) electrons. The van der Waals surface area contributed by atoms with Gasteiger partial charge in [-0.25, -0.2) is 9.80 Å². The highest BCUT2D eigenvalue weighted by atomic mass is 32.1. The molecule has 0 bridgehead atoms. The van der Waals surface area contributed by atoms with Crippen molar-refractivity contribution in [3.05, 3.63) is 46.3 Å². The van der Waals surface area contributed by atoms with Gasteiger partial charge in [-0.1, -0.05) is 18.2 Å². The number of para-hydroxylation sites is 1. The van der Waals surface area contributed by atoms with Gasteiger partial charge >= 0.3 is 5.97 Å². The Morgan fingerprint density at radius 1 is 1.21 bits per heavy atom. The number of ether oxygens (including phenoxy) is 1. The van der Waals surface area contributed by atoms with E-state index in [0.29, 0.717) is 16.3 Å². The van der Waals surface area contributed by atoms with Crippen molar-refractivity contribution in [3.63, 3.8) is 0 Å². The highest BCUT2D eigenvalue weighted by molar-refractivity contribution is 7.17. The molecular weight excluding hydrogens is 378 g/mol. The van der Waals surface area contributed by atoms with Crippen LogP contribution in [0.15, 0.2) is 35.4 Å². The van der Waals surface area contributed by atoms with Crippen molar-refractivity contribution in [2.24, 2.45) is 5.10 Å². The van der Waals surface area contributed by atoms with Crippen molar-refractivity contribution in [3.8, 4) is 0 Å². The first kappa shape index (κ1) is 19.8. The number of aryl methyl sites for hydroxylation is 1. The summed E-state index contributed by atoms with van der Waals surface area (Å²) in [5, 5.41) is 8.70. The van der Waals surface area contributed by atoms with Crippen LogP contribution in [0.2, 0.25) is 0 Å². The molecule has 3 rings (SSSR count). The Hall–Kier alpha value is -3.00. The first-order valence-electron chi connectivity index (χ1n) is 8.96. The normalized spacial score (nSPS) is 13.9. The standard InChI is InChI=1S/C20H21N3O4S/c1-4-27-20(26)17-12(2)13(3)28-19(17)21-18(25)15-10-11-16(24)23(22-15)14-8-6-5-7-9-14/h5-9H,4,10-11H2,1-3H3,(H,21,25). The molecule has 2 heterocycles. The molecule has 146 valence electrons. The molecule has 1 aliphatic heterocycles. The van der Waals surface area contributed by atoms with E-state index in [-0.39, 0.29) is 31.1 Å². The third-order valence-corrected chi connectivity index (χ3v) is 5.51. The molecule has 7 nitrogen and oxygen atoms in total. The van der Waals surface area contributed by atoms with Crippen LogP contribution in [0.1, 0.15) is 40.6 Å². The molecule has 0 spiro atoms. The second-order valence-corrected chi connectivity index (χ2v) is 7.47. The minimum absolute atomic E-state index is 0.169. The summed E-state index contributed by atoms with van der Waals surface area (Å²) in [6, 6.07) is 8.96. The Bertz CT molecular complexity index is 950. The van der Waals surface area contributed by atoms with Gasteiger partial charge in [-0.3, -0.25) is 9.59 Å². The highest BCUT2D eigenvalue weighted by Gasteiger charge is 2.28. The number of nitrogens with zero attached hydrogens (tertiary/aromatic N) is 2. The van der Waals surface area contributed by atoms with Crippen molar-refractivity contribution >= 4 is 45.5 Å². The number of benzene rings is 1. The maximum atomic E-state index is 12.8. The SMILES string of the molecule is CCOC(=O)c1c(NC(=O)C2=NN(c3ccccc3)C(=O)CC2)sc(C)c1C. The highest BCUT2D eigenvalue weighted by Crippen LogP contribution is 2.33. The number of hydrogen-bond acceptors (Lipinski definition) is 6. The molecule has 1 aromatic carbocycles. The number of thiophene rings is 1. The van der Waals surface area contributed by atoms with Crippen LogP contribution in [0, 0.1) is 13.8 Å². The summed E-state index contributed by atoms with van der Waals surface area (Å²) in [5.41, 5.74) is 1.99. The Balaban J connectivity index is 1.86. The van der Waals surface area contributed by atoms with Crippen molar-refractivity contribution in [2.75, 3.05) is 16.9 Å². The largest absolute Gasteiger partial charge is 0.462 e. The first-order valence-corrected chi connectivity index (χ1v) is 9.78. The second kappa shape index (κ2) is 8.35. The number of carbonyl (C=O) groups excluding carboxylic acids is 3. The topological polar surface area (TPSA) is 88.1 Å². The maximum Gasteiger partial charge on any atom is 0.341 e. The molecule has 8 heteroatoms. The molecule has 2 aromatic rings. The summed E-state index contributed by atoms with van der Waals surface area (Å²) >= 11 is 1.32. The second-order valence-electron chi connectivity index (χ2n) is 6.25. The summed E-state index contributed by atoms with van der Waals surface area (Å²) in [4.78, 5) is 38.2. The van der Waals surface area contributed by atoms with E-state index in [2.05, 4.69) is 10.4 Å². The average molecular weight is 399 g/mol. The number of nitrogens with one attached hydrogen (secondary N) is 1. The van der Waals surface area contributed by atoms with Gasteiger partial charge in [0.1, 0.15) is 10.7 Å². The molecule has 0 fully saturated rings. The van der Waals surface area contributed by atoms with Gasteiger partial charge in [-0.15, -0.1) is 11.3 Å². The van der Waals surface area contributed by atoms with E-state index in [1.807, 2.05) is 19.9 Å². The van der Waals surface area contributed by atoms with Gasteiger partial charge in [0.25, 0.3) is 5.91 Å². The van der Waals surface area contributed by atoms with Crippen LogP contribution in [0.4, 0.5) is 10.7 Å². The van der Waals surface area contributed by atoms with Gasteiger partial charge in [0.15, 0.2) is 0 Å². The van der Waals surface area contributed by atoms with E-state index < -0.39 is 11.9 Å². The third kappa shape index (κ3) is 3.96. The van der Waals surface area contributed by atoms with Crippen LogP contribution in [0.25, 0.3) is 0 Å². The van der Waals surface area contributed by atoms with E-state index >= 15 is 0 Å². The molecular formula is C20H21N3O4S. The van der Waals surface area contributed by atoms with E-state index in [9.17, 15) is 14.4 Å². The van der Waals surface area contributed by atoms with Crippen LogP contribution < -0.4 is 10.3 Å². The fraction of sp³-hybridized carbons (Fsp3) is 0.300. The van der Waals surface area contributed by atoms with Crippen molar-refractivity contribution in [1.82, 2.24) is 0 Å². The monoisotopic (exact) mass is 399 g/mol. The van der Waals surface area contributed by atoms with Crippen LogP contribution in [0.3, 0.4) is 0 Å². The van der Waals surface area contributed by atoms with Crippen molar-refractivity contribution in [2.45, 2.75) is 33.6 Å². The summed E-state index contributed by atoms with van der Waals surface area (Å²) in [5.74, 6) is -1.07. The average Bonchev–Trinajstić information content (AvgIpc) is 2.96. The van der Waals surface area contributed by atoms with Gasteiger partial charge in [0.2, 0.25) is 5.91 Å². The van der Waals surface area contributed by atoms with Gasteiger partial charge in [0.05, 0.1) is 17.9 Å². The minimum atomic E-state index is -0.466. The zero-order chi connectivity index (χ0) is 20.3. The smallest absolute Gasteiger partial charge is 0.341 e. The van der Waals surface area contributed by atoms with Crippen LogP contribution in [-0.4, -0.2) is 30.1 Å². The van der Waals surface area contributed by atoms with Crippen molar-refractivity contribution < 1.29 is 19.1 Å². The van der Waals surface area contributed by atoms with E-state index in [1.54, 1.807) is 31.2 Å². The Kier molecular flexibility index (Phi) is 5.89. The fourth-order valence-electron chi connectivity index (χ4n) is 2.83. The van der Waals surface area contributed by atoms with E-state index in [1.165, 1.54) is 16.3 Å². The van der Waals surface area contributed by atoms with E-state index in [4.69, 9.17) is 4.74 Å². The third-order valence-electron chi connectivity index (χ3n) is 4.39. The zero-order valence-corrected chi connectivity index (χ0v) is 16.8. The predicted molar refractivity (Wildman–Crippen MR) is 109 cm³/mol. The number of anilines is 2. The lowest BCUT2D eigenvalue weighted by Gasteiger charge is -2.23.